The fourth-order valence-corrected chi connectivity index (χ4v) is 5.24. The summed E-state index contributed by atoms with van der Waals surface area (Å²) in [6.45, 7) is 5.76. The van der Waals surface area contributed by atoms with Crippen LogP contribution in [0, 0.1) is 0 Å². The van der Waals surface area contributed by atoms with Crippen molar-refractivity contribution < 1.29 is 14.1 Å². The van der Waals surface area contributed by atoms with Crippen molar-refractivity contribution in [2.24, 2.45) is 0 Å². The van der Waals surface area contributed by atoms with Gasteiger partial charge in [0.05, 0.1) is 0 Å². The summed E-state index contributed by atoms with van der Waals surface area (Å²) in [5.41, 5.74) is 2.26. The zero-order valence-corrected chi connectivity index (χ0v) is 20.1. The number of carbonyl (C=O) groups is 2. The Morgan fingerprint density at radius 3 is 2.70 bits per heavy atom. The number of aryl methyl sites for hydroxylation is 1. The first-order valence-electron chi connectivity index (χ1n) is 12.4. The molecule has 1 saturated heterocycles. The van der Waals surface area contributed by atoms with Crippen LogP contribution in [0.2, 0.25) is 0 Å². The third-order valence-corrected chi connectivity index (χ3v) is 7.15. The van der Waals surface area contributed by atoms with Crippen molar-refractivity contribution in [2.75, 3.05) is 25.0 Å². The van der Waals surface area contributed by atoms with Crippen LogP contribution < -0.4 is 4.90 Å². The Bertz CT molecular complexity index is 972. The molecule has 2 bridgehead atoms. The van der Waals surface area contributed by atoms with Gasteiger partial charge in [-0.05, 0) is 44.4 Å². The van der Waals surface area contributed by atoms with Gasteiger partial charge >= 0.3 is 0 Å². The molecule has 2 unspecified atom stereocenters. The van der Waals surface area contributed by atoms with Gasteiger partial charge < -0.3 is 14.3 Å². The molecule has 2 atom stereocenters. The molecule has 7 heteroatoms. The van der Waals surface area contributed by atoms with E-state index in [1.807, 2.05) is 41.0 Å². The van der Waals surface area contributed by atoms with Gasteiger partial charge in [-0.15, -0.1) is 0 Å². The lowest BCUT2D eigenvalue weighted by atomic mass is 9.93. The summed E-state index contributed by atoms with van der Waals surface area (Å²) >= 11 is 0. The highest BCUT2D eigenvalue weighted by molar-refractivity contribution is 5.94. The van der Waals surface area contributed by atoms with E-state index in [0.717, 1.165) is 55.5 Å². The van der Waals surface area contributed by atoms with Gasteiger partial charge in [-0.25, -0.2) is 0 Å². The van der Waals surface area contributed by atoms with E-state index in [2.05, 4.69) is 24.0 Å². The van der Waals surface area contributed by atoms with Crippen molar-refractivity contribution in [3.8, 4) is 0 Å². The highest BCUT2D eigenvalue weighted by atomic mass is 16.5. The summed E-state index contributed by atoms with van der Waals surface area (Å²) in [5, 5.41) is 4.09. The predicted octanol–water partition coefficient (Wildman–Crippen LogP) is 4.27. The van der Waals surface area contributed by atoms with Crippen molar-refractivity contribution >= 4 is 17.5 Å². The lowest BCUT2D eigenvalue weighted by Crippen LogP contribution is -2.50. The lowest BCUT2D eigenvalue weighted by molar-refractivity contribution is -0.118. The van der Waals surface area contributed by atoms with Crippen molar-refractivity contribution in [1.29, 1.82) is 0 Å². The average molecular weight is 453 g/mol. The lowest BCUT2D eigenvalue weighted by Gasteiger charge is -2.41. The van der Waals surface area contributed by atoms with Gasteiger partial charge in [0, 0.05) is 56.3 Å². The van der Waals surface area contributed by atoms with Crippen molar-refractivity contribution in [2.45, 2.75) is 77.4 Å². The van der Waals surface area contributed by atoms with Gasteiger partial charge in [0.1, 0.15) is 5.76 Å². The zero-order chi connectivity index (χ0) is 23.4. The van der Waals surface area contributed by atoms with Crippen molar-refractivity contribution in [3.63, 3.8) is 0 Å². The third kappa shape index (κ3) is 5.13. The van der Waals surface area contributed by atoms with Gasteiger partial charge in [0.15, 0.2) is 5.69 Å². The summed E-state index contributed by atoms with van der Waals surface area (Å²) in [6, 6.07) is 10.5. The molecule has 1 aromatic heterocycles. The Kier molecular flexibility index (Phi) is 7.48. The Morgan fingerprint density at radius 2 is 1.91 bits per heavy atom. The number of anilines is 1. The number of fused-ring (bicyclic) bond motifs is 3. The number of benzene rings is 1. The smallest absolute Gasteiger partial charge is 0.276 e. The Labute approximate surface area is 196 Å². The van der Waals surface area contributed by atoms with Crippen LogP contribution in [0.3, 0.4) is 0 Å². The average Bonchev–Trinajstić information content (AvgIpc) is 3.29. The van der Waals surface area contributed by atoms with E-state index >= 15 is 0 Å². The summed E-state index contributed by atoms with van der Waals surface area (Å²) in [7, 11) is 2.17. The van der Waals surface area contributed by atoms with E-state index in [0.29, 0.717) is 37.8 Å². The normalized spacial score (nSPS) is 21.9. The first-order chi connectivity index (χ1) is 16.0. The molecule has 7 nitrogen and oxygen atoms in total. The monoisotopic (exact) mass is 452 g/mol. The molecule has 2 amide bonds. The standard InChI is InChI=1S/C26H36N4O3/c1-4-9-22-16-23(27-33-22)26(32)29-17-19-10-6-7-13-24(19)30(25(31)5-2)15-14-20-11-8-12-21(18-29)28(20)3/h6-7,10,13,16,20-21H,4-5,8-9,11-12,14-15,17-18H2,1-3H3. The van der Waals surface area contributed by atoms with Gasteiger partial charge in [-0.1, -0.05) is 43.6 Å². The van der Waals surface area contributed by atoms with E-state index in [4.69, 9.17) is 4.52 Å². The summed E-state index contributed by atoms with van der Waals surface area (Å²) in [6.07, 6.45) is 6.43. The maximum absolute atomic E-state index is 13.6. The molecule has 0 aliphatic carbocycles. The fourth-order valence-electron chi connectivity index (χ4n) is 5.24. The predicted molar refractivity (Wildman–Crippen MR) is 128 cm³/mol. The largest absolute Gasteiger partial charge is 0.361 e. The van der Waals surface area contributed by atoms with Crippen LogP contribution in [0.5, 0.6) is 0 Å². The molecule has 2 aromatic rings. The SMILES string of the molecule is CCCc1cc(C(=O)N2Cc3ccccc3N(C(=O)CC)CCC3CCCC(C2)N3C)no1. The number of nitrogens with zero attached hydrogens (tertiary/aromatic N) is 4. The van der Waals surface area contributed by atoms with E-state index in [9.17, 15) is 9.59 Å². The fraction of sp³-hybridized carbons (Fsp3) is 0.577. The van der Waals surface area contributed by atoms with E-state index in [1.54, 1.807) is 6.07 Å². The van der Waals surface area contributed by atoms with Gasteiger partial charge in [0.2, 0.25) is 5.91 Å². The maximum atomic E-state index is 13.6. The molecule has 0 N–H and O–H groups in total. The maximum Gasteiger partial charge on any atom is 0.276 e. The molecule has 0 spiro atoms. The van der Waals surface area contributed by atoms with Gasteiger partial charge in [0.25, 0.3) is 5.91 Å². The first-order valence-corrected chi connectivity index (χ1v) is 12.4. The number of piperidine rings is 1. The van der Waals surface area contributed by atoms with Crippen LogP contribution in [0.25, 0.3) is 0 Å². The number of hydrogen-bond acceptors (Lipinski definition) is 5. The Morgan fingerprint density at radius 1 is 1.12 bits per heavy atom. The quantitative estimate of drug-likeness (QED) is 0.693. The van der Waals surface area contributed by atoms with Gasteiger partial charge in [-0.3, -0.25) is 14.5 Å². The van der Waals surface area contributed by atoms with Crippen LogP contribution in [-0.2, 0) is 17.8 Å². The molecular weight excluding hydrogens is 416 g/mol. The molecular formula is C26H36N4O3. The van der Waals surface area contributed by atoms with Crippen LogP contribution >= 0.6 is 0 Å². The molecule has 178 valence electrons. The zero-order valence-electron chi connectivity index (χ0n) is 20.1. The Balaban J connectivity index is 1.72. The third-order valence-electron chi connectivity index (χ3n) is 7.15. The molecule has 2 aliphatic rings. The first kappa shape index (κ1) is 23.5. The summed E-state index contributed by atoms with van der Waals surface area (Å²) < 4.78 is 5.41. The van der Waals surface area contributed by atoms with E-state index in [-0.39, 0.29) is 17.9 Å². The molecule has 33 heavy (non-hydrogen) atoms. The van der Waals surface area contributed by atoms with Crippen LogP contribution in [0.1, 0.15) is 74.2 Å². The minimum atomic E-state index is -0.112. The number of aromatic nitrogens is 1. The minimum absolute atomic E-state index is 0.112. The number of amides is 2. The molecule has 2 aliphatic heterocycles. The molecule has 4 rings (SSSR count). The second kappa shape index (κ2) is 10.5. The number of rotatable bonds is 4. The molecule has 1 aromatic carbocycles. The topological polar surface area (TPSA) is 69.9 Å². The summed E-state index contributed by atoms with van der Waals surface area (Å²) in [5.74, 6) is 0.753. The minimum Gasteiger partial charge on any atom is -0.361 e. The van der Waals surface area contributed by atoms with Crippen LogP contribution in [0.4, 0.5) is 5.69 Å². The second-order valence-corrected chi connectivity index (χ2v) is 9.33. The number of carbonyl (C=O) groups excluding carboxylic acids is 2. The molecule has 0 radical (unpaired) electrons. The van der Waals surface area contributed by atoms with Crippen molar-refractivity contribution in [1.82, 2.24) is 15.0 Å². The highest BCUT2D eigenvalue weighted by Gasteiger charge is 2.33. The molecule has 0 saturated carbocycles. The second-order valence-electron chi connectivity index (χ2n) is 9.33. The van der Waals surface area contributed by atoms with Crippen LogP contribution in [0.15, 0.2) is 34.9 Å². The number of para-hydroxylation sites is 1. The number of likely N-dealkylation sites (N-methyl/N-ethyl adjacent to an activating group) is 1. The number of hydrogen-bond donors (Lipinski definition) is 0. The highest BCUT2D eigenvalue weighted by Crippen LogP contribution is 2.30. The van der Waals surface area contributed by atoms with Crippen LogP contribution in [-0.4, -0.2) is 59.0 Å². The van der Waals surface area contributed by atoms with E-state index in [1.165, 1.54) is 0 Å². The van der Waals surface area contributed by atoms with E-state index < -0.39 is 0 Å². The van der Waals surface area contributed by atoms with Crippen molar-refractivity contribution in [3.05, 3.63) is 47.3 Å². The molecule has 3 heterocycles. The summed E-state index contributed by atoms with van der Waals surface area (Å²) in [4.78, 5) is 32.8. The van der Waals surface area contributed by atoms with Gasteiger partial charge in [-0.2, -0.15) is 0 Å². The molecule has 1 fully saturated rings. The Hall–Kier alpha value is -2.67.